The van der Waals surface area contributed by atoms with Gasteiger partial charge in [-0.3, -0.25) is 4.79 Å². The predicted molar refractivity (Wildman–Crippen MR) is 64.0 cm³/mol. The smallest absolute Gasteiger partial charge is 0.248 e. The summed E-state index contributed by atoms with van der Waals surface area (Å²) in [7, 11) is 0. The summed E-state index contributed by atoms with van der Waals surface area (Å²) in [6.07, 6.45) is 0.790. The maximum Gasteiger partial charge on any atom is 0.248 e. The van der Waals surface area contributed by atoms with E-state index < -0.39 is 6.10 Å². The number of rotatable bonds is 4. The van der Waals surface area contributed by atoms with Crippen molar-refractivity contribution in [3.63, 3.8) is 0 Å². The molecule has 1 atom stereocenters. The summed E-state index contributed by atoms with van der Waals surface area (Å²) in [4.78, 5) is 11.1. The van der Waals surface area contributed by atoms with Crippen molar-refractivity contribution in [2.24, 2.45) is 0 Å². The zero-order valence-electron chi connectivity index (χ0n) is 9.90. The molecule has 0 saturated carbocycles. The second-order valence-electron chi connectivity index (χ2n) is 4.26. The van der Waals surface area contributed by atoms with E-state index in [1.807, 2.05) is 12.1 Å². The average Bonchev–Trinajstić information content (AvgIpc) is 2.75. The van der Waals surface area contributed by atoms with Crippen molar-refractivity contribution in [1.82, 2.24) is 5.32 Å². The first kappa shape index (κ1) is 11.9. The Morgan fingerprint density at radius 2 is 2.41 bits per heavy atom. The van der Waals surface area contributed by atoms with E-state index in [1.165, 1.54) is 18.1 Å². The number of amides is 1. The molecule has 0 fully saturated rings. The molecule has 1 aliphatic heterocycles. The van der Waals surface area contributed by atoms with E-state index in [-0.39, 0.29) is 5.91 Å². The van der Waals surface area contributed by atoms with E-state index in [0.717, 1.165) is 25.2 Å². The van der Waals surface area contributed by atoms with Crippen LogP contribution in [0.4, 0.5) is 0 Å². The Bertz CT molecular complexity index is 415. The number of aliphatic hydroxyl groups excluding tert-OH is 1. The van der Waals surface area contributed by atoms with Gasteiger partial charge in [-0.05, 0) is 30.5 Å². The largest absolute Gasteiger partial charge is 0.493 e. The van der Waals surface area contributed by atoms with Gasteiger partial charge in [0, 0.05) is 13.0 Å². The van der Waals surface area contributed by atoms with Crippen LogP contribution in [-0.4, -0.2) is 30.3 Å². The van der Waals surface area contributed by atoms with Gasteiger partial charge in [0.1, 0.15) is 11.9 Å². The van der Waals surface area contributed by atoms with Crippen LogP contribution in [0.15, 0.2) is 18.2 Å². The molecule has 4 heteroatoms. The van der Waals surface area contributed by atoms with Gasteiger partial charge in [-0.15, -0.1) is 0 Å². The molecule has 2 N–H and O–H groups in total. The van der Waals surface area contributed by atoms with Gasteiger partial charge in [-0.2, -0.15) is 0 Å². The van der Waals surface area contributed by atoms with Gasteiger partial charge in [0.15, 0.2) is 0 Å². The third-order valence-electron chi connectivity index (χ3n) is 2.85. The van der Waals surface area contributed by atoms with Gasteiger partial charge in [0.25, 0.3) is 0 Å². The van der Waals surface area contributed by atoms with Crippen LogP contribution < -0.4 is 10.1 Å². The van der Waals surface area contributed by atoms with Gasteiger partial charge in [-0.1, -0.05) is 12.1 Å². The van der Waals surface area contributed by atoms with Crippen LogP contribution in [0.3, 0.4) is 0 Å². The molecule has 0 bridgehead atoms. The topological polar surface area (TPSA) is 58.6 Å². The molecule has 0 spiro atoms. The summed E-state index contributed by atoms with van der Waals surface area (Å²) in [6.45, 7) is 2.77. The summed E-state index contributed by atoms with van der Waals surface area (Å²) in [5.41, 5.74) is 2.42. The van der Waals surface area contributed by atoms with E-state index >= 15 is 0 Å². The minimum Gasteiger partial charge on any atom is -0.493 e. The number of nitrogens with one attached hydrogen (secondary N) is 1. The first-order valence-electron chi connectivity index (χ1n) is 5.87. The quantitative estimate of drug-likeness (QED) is 0.806. The van der Waals surface area contributed by atoms with Gasteiger partial charge >= 0.3 is 0 Å². The van der Waals surface area contributed by atoms with Crippen LogP contribution >= 0.6 is 0 Å². The molecule has 0 aliphatic carbocycles. The molecular weight excluding hydrogens is 218 g/mol. The number of hydrogen-bond donors (Lipinski definition) is 2. The number of aliphatic hydroxyl groups is 1. The fourth-order valence-corrected chi connectivity index (χ4v) is 1.87. The van der Waals surface area contributed by atoms with Crippen LogP contribution in [0.1, 0.15) is 18.1 Å². The molecule has 1 amide bonds. The van der Waals surface area contributed by atoms with Crippen LogP contribution in [-0.2, 0) is 17.6 Å². The molecular formula is C13H17NO3. The number of ether oxygens (including phenoxy) is 1. The van der Waals surface area contributed by atoms with E-state index in [2.05, 4.69) is 11.4 Å². The lowest BCUT2D eigenvalue weighted by Crippen LogP contribution is -2.33. The molecule has 1 aliphatic rings. The lowest BCUT2D eigenvalue weighted by molar-refractivity contribution is -0.128. The van der Waals surface area contributed by atoms with E-state index in [1.54, 1.807) is 0 Å². The molecule has 1 aromatic carbocycles. The molecule has 0 aromatic heterocycles. The number of hydrogen-bond acceptors (Lipinski definition) is 3. The zero-order valence-corrected chi connectivity index (χ0v) is 9.90. The molecule has 1 heterocycles. The molecule has 0 radical (unpaired) electrons. The summed E-state index contributed by atoms with van der Waals surface area (Å²) < 4.78 is 5.42. The molecule has 1 aromatic rings. The van der Waals surface area contributed by atoms with Gasteiger partial charge in [0.05, 0.1) is 6.61 Å². The first-order chi connectivity index (χ1) is 8.16. The highest BCUT2D eigenvalue weighted by molar-refractivity contribution is 5.79. The Labute approximate surface area is 101 Å². The monoisotopic (exact) mass is 235 g/mol. The van der Waals surface area contributed by atoms with Crippen molar-refractivity contribution < 1.29 is 14.6 Å². The van der Waals surface area contributed by atoms with Gasteiger partial charge in [0.2, 0.25) is 5.91 Å². The van der Waals surface area contributed by atoms with Crippen LogP contribution in [0.2, 0.25) is 0 Å². The Balaban J connectivity index is 1.85. The SMILES string of the molecule is C[C@@H](O)C(=O)NCCc1ccc2c(c1)CCO2. The Morgan fingerprint density at radius 1 is 1.59 bits per heavy atom. The van der Waals surface area contributed by atoms with Crippen molar-refractivity contribution in [1.29, 1.82) is 0 Å². The Kier molecular flexibility index (Phi) is 3.64. The summed E-state index contributed by atoms with van der Waals surface area (Å²) in [5, 5.41) is 11.7. The van der Waals surface area contributed by atoms with Gasteiger partial charge < -0.3 is 15.2 Å². The Hall–Kier alpha value is -1.55. The first-order valence-corrected chi connectivity index (χ1v) is 5.87. The van der Waals surface area contributed by atoms with Crippen molar-refractivity contribution in [2.75, 3.05) is 13.2 Å². The van der Waals surface area contributed by atoms with Crippen molar-refractivity contribution in [3.05, 3.63) is 29.3 Å². The van der Waals surface area contributed by atoms with Crippen molar-refractivity contribution in [3.8, 4) is 5.75 Å². The molecule has 0 saturated heterocycles. The fraction of sp³-hybridized carbons (Fsp3) is 0.462. The minimum atomic E-state index is -0.941. The highest BCUT2D eigenvalue weighted by Gasteiger charge is 2.12. The second-order valence-corrected chi connectivity index (χ2v) is 4.26. The number of benzene rings is 1. The molecule has 2 rings (SSSR count). The fourth-order valence-electron chi connectivity index (χ4n) is 1.87. The molecule has 4 nitrogen and oxygen atoms in total. The Morgan fingerprint density at radius 3 is 3.18 bits per heavy atom. The number of carbonyl (C=O) groups is 1. The highest BCUT2D eigenvalue weighted by Crippen LogP contribution is 2.25. The third-order valence-corrected chi connectivity index (χ3v) is 2.85. The minimum absolute atomic E-state index is 0.325. The van der Waals surface area contributed by atoms with E-state index in [9.17, 15) is 4.79 Å². The normalized spacial score (nSPS) is 14.9. The van der Waals surface area contributed by atoms with E-state index in [0.29, 0.717) is 6.54 Å². The predicted octanol–water partition coefficient (Wildman–Crippen LogP) is 0.661. The summed E-state index contributed by atoms with van der Waals surface area (Å²) in [5.74, 6) is 0.649. The lowest BCUT2D eigenvalue weighted by atomic mass is 10.1. The molecule has 17 heavy (non-hydrogen) atoms. The zero-order chi connectivity index (χ0) is 12.3. The van der Waals surface area contributed by atoms with Crippen molar-refractivity contribution in [2.45, 2.75) is 25.9 Å². The second kappa shape index (κ2) is 5.19. The van der Waals surface area contributed by atoms with Crippen molar-refractivity contribution >= 4 is 5.91 Å². The van der Waals surface area contributed by atoms with Crippen LogP contribution in [0.25, 0.3) is 0 Å². The highest BCUT2D eigenvalue weighted by atomic mass is 16.5. The van der Waals surface area contributed by atoms with Crippen LogP contribution in [0.5, 0.6) is 5.75 Å². The van der Waals surface area contributed by atoms with E-state index in [4.69, 9.17) is 9.84 Å². The lowest BCUT2D eigenvalue weighted by Gasteiger charge is -2.07. The average molecular weight is 235 g/mol. The number of fused-ring (bicyclic) bond motifs is 1. The maximum absolute atomic E-state index is 11.1. The molecule has 0 unspecified atom stereocenters. The standard InChI is InChI=1S/C13H17NO3/c1-9(15)13(16)14-6-4-10-2-3-12-11(8-10)5-7-17-12/h2-3,8-9,15H,4-7H2,1H3,(H,14,16)/t9-/m1/s1. The summed E-state index contributed by atoms with van der Waals surface area (Å²) >= 11 is 0. The summed E-state index contributed by atoms with van der Waals surface area (Å²) in [6, 6.07) is 6.11. The third kappa shape index (κ3) is 2.97. The van der Waals surface area contributed by atoms with Gasteiger partial charge in [-0.25, -0.2) is 0 Å². The van der Waals surface area contributed by atoms with Crippen LogP contribution in [0, 0.1) is 0 Å². The number of carbonyl (C=O) groups excluding carboxylic acids is 1. The molecule has 92 valence electrons. The maximum atomic E-state index is 11.1.